The molecule has 0 aromatic heterocycles. The zero-order valence-electron chi connectivity index (χ0n) is 12.0. The molecule has 1 saturated heterocycles. The van der Waals surface area contributed by atoms with Crippen LogP contribution >= 0.6 is 0 Å². The molecule has 1 aliphatic rings. The number of methoxy groups -OCH3 is 1. The van der Waals surface area contributed by atoms with Gasteiger partial charge in [-0.25, -0.2) is 0 Å². The van der Waals surface area contributed by atoms with Gasteiger partial charge >= 0.3 is 0 Å². The number of nitrogens with one attached hydrogen (secondary N) is 1. The van der Waals surface area contributed by atoms with Gasteiger partial charge in [-0.15, -0.1) is 0 Å². The Labute approximate surface area is 116 Å². The van der Waals surface area contributed by atoms with E-state index in [1.54, 1.807) is 7.11 Å². The van der Waals surface area contributed by atoms with Crippen LogP contribution in [0.25, 0.3) is 0 Å². The summed E-state index contributed by atoms with van der Waals surface area (Å²) in [5, 5.41) is 3.63. The van der Waals surface area contributed by atoms with E-state index in [-0.39, 0.29) is 0 Å². The van der Waals surface area contributed by atoms with Crippen LogP contribution in [-0.4, -0.2) is 26.4 Å². The third kappa shape index (κ3) is 4.22. The van der Waals surface area contributed by atoms with Crippen molar-refractivity contribution in [2.24, 2.45) is 0 Å². The van der Waals surface area contributed by atoms with Crippen molar-refractivity contribution in [3.05, 3.63) is 29.8 Å². The fourth-order valence-corrected chi connectivity index (χ4v) is 2.58. The Morgan fingerprint density at radius 2 is 2.11 bits per heavy atom. The van der Waals surface area contributed by atoms with Gasteiger partial charge in [-0.05, 0) is 43.4 Å². The fraction of sp³-hybridized carbons (Fsp3) is 0.625. The maximum atomic E-state index is 5.76. The largest absolute Gasteiger partial charge is 0.497 e. The van der Waals surface area contributed by atoms with E-state index in [0.717, 1.165) is 25.3 Å². The van der Waals surface area contributed by atoms with Gasteiger partial charge in [0.25, 0.3) is 0 Å². The van der Waals surface area contributed by atoms with Gasteiger partial charge in [0.2, 0.25) is 0 Å². The SMILES string of the molecule is CCC(NCC1CCCCO1)c1ccc(OC)cc1. The monoisotopic (exact) mass is 263 g/mol. The summed E-state index contributed by atoms with van der Waals surface area (Å²) in [7, 11) is 1.70. The first-order chi connectivity index (χ1) is 9.33. The minimum Gasteiger partial charge on any atom is -0.497 e. The van der Waals surface area contributed by atoms with Crippen molar-refractivity contribution in [3.8, 4) is 5.75 Å². The van der Waals surface area contributed by atoms with Gasteiger partial charge in [0.1, 0.15) is 5.75 Å². The maximum Gasteiger partial charge on any atom is 0.118 e. The predicted molar refractivity (Wildman–Crippen MR) is 77.6 cm³/mol. The van der Waals surface area contributed by atoms with Gasteiger partial charge < -0.3 is 14.8 Å². The van der Waals surface area contributed by atoms with E-state index in [2.05, 4.69) is 24.4 Å². The average molecular weight is 263 g/mol. The van der Waals surface area contributed by atoms with Crippen molar-refractivity contribution < 1.29 is 9.47 Å². The van der Waals surface area contributed by atoms with E-state index >= 15 is 0 Å². The van der Waals surface area contributed by atoms with Crippen molar-refractivity contribution >= 4 is 0 Å². The molecule has 3 heteroatoms. The number of rotatable bonds is 6. The van der Waals surface area contributed by atoms with E-state index in [9.17, 15) is 0 Å². The highest BCUT2D eigenvalue weighted by molar-refractivity contribution is 5.29. The van der Waals surface area contributed by atoms with Crippen LogP contribution in [-0.2, 0) is 4.74 Å². The lowest BCUT2D eigenvalue weighted by molar-refractivity contribution is 0.0152. The van der Waals surface area contributed by atoms with E-state index in [0.29, 0.717) is 12.1 Å². The molecule has 2 unspecified atom stereocenters. The molecule has 1 fully saturated rings. The average Bonchev–Trinajstić information content (AvgIpc) is 2.49. The van der Waals surface area contributed by atoms with Gasteiger partial charge in [0.15, 0.2) is 0 Å². The van der Waals surface area contributed by atoms with Crippen molar-refractivity contribution in [2.45, 2.75) is 44.8 Å². The standard InChI is InChI=1S/C16H25NO2/c1-3-16(13-7-9-14(18-2)10-8-13)17-12-15-6-4-5-11-19-15/h7-10,15-17H,3-6,11-12H2,1-2H3. The minimum atomic E-state index is 0.390. The van der Waals surface area contributed by atoms with Crippen LogP contribution < -0.4 is 10.1 Å². The molecule has 1 aliphatic heterocycles. The zero-order valence-corrected chi connectivity index (χ0v) is 12.0. The number of hydrogen-bond acceptors (Lipinski definition) is 3. The molecule has 1 aromatic rings. The third-order valence-electron chi connectivity index (χ3n) is 3.79. The minimum absolute atomic E-state index is 0.390. The number of ether oxygens (including phenoxy) is 2. The Hall–Kier alpha value is -1.06. The summed E-state index contributed by atoms with van der Waals surface area (Å²) in [6, 6.07) is 8.73. The fourth-order valence-electron chi connectivity index (χ4n) is 2.58. The molecule has 0 aliphatic carbocycles. The van der Waals surface area contributed by atoms with Crippen LogP contribution in [0.4, 0.5) is 0 Å². The quantitative estimate of drug-likeness (QED) is 0.854. The predicted octanol–water partition coefficient (Wildman–Crippen LogP) is 3.31. The molecule has 3 nitrogen and oxygen atoms in total. The van der Waals surface area contributed by atoms with E-state index in [1.165, 1.54) is 24.8 Å². The molecule has 2 rings (SSSR count). The molecular weight excluding hydrogens is 238 g/mol. The van der Waals surface area contributed by atoms with Crippen LogP contribution in [0.2, 0.25) is 0 Å². The first-order valence-electron chi connectivity index (χ1n) is 7.32. The highest BCUT2D eigenvalue weighted by Crippen LogP contribution is 2.21. The Bertz CT molecular complexity index is 358. The molecule has 0 amide bonds. The van der Waals surface area contributed by atoms with Crippen molar-refractivity contribution in [2.75, 3.05) is 20.3 Å². The highest BCUT2D eigenvalue weighted by Gasteiger charge is 2.16. The molecule has 0 spiro atoms. The Kier molecular flexibility index (Phi) is 5.67. The Morgan fingerprint density at radius 3 is 2.68 bits per heavy atom. The lowest BCUT2D eigenvalue weighted by Crippen LogP contribution is -2.34. The van der Waals surface area contributed by atoms with Crippen LogP contribution in [0.5, 0.6) is 5.75 Å². The summed E-state index contributed by atoms with van der Waals surface area (Å²) >= 11 is 0. The number of hydrogen-bond donors (Lipinski definition) is 1. The molecule has 0 saturated carbocycles. The molecule has 1 aromatic carbocycles. The smallest absolute Gasteiger partial charge is 0.118 e. The molecule has 2 atom stereocenters. The summed E-state index contributed by atoms with van der Waals surface area (Å²) in [5.74, 6) is 0.911. The first-order valence-corrected chi connectivity index (χ1v) is 7.32. The summed E-state index contributed by atoms with van der Waals surface area (Å²) in [6.45, 7) is 4.08. The molecule has 19 heavy (non-hydrogen) atoms. The first kappa shape index (κ1) is 14.4. The number of benzene rings is 1. The second-order valence-corrected chi connectivity index (χ2v) is 5.13. The van der Waals surface area contributed by atoms with Crippen molar-refractivity contribution in [1.82, 2.24) is 5.32 Å². The molecule has 1 N–H and O–H groups in total. The highest BCUT2D eigenvalue weighted by atomic mass is 16.5. The topological polar surface area (TPSA) is 30.5 Å². The second kappa shape index (κ2) is 7.51. The van der Waals surface area contributed by atoms with Crippen molar-refractivity contribution in [1.29, 1.82) is 0 Å². The third-order valence-corrected chi connectivity index (χ3v) is 3.79. The van der Waals surface area contributed by atoms with Gasteiger partial charge in [0, 0.05) is 19.2 Å². The van der Waals surface area contributed by atoms with Gasteiger partial charge in [-0.2, -0.15) is 0 Å². The van der Waals surface area contributed by atoms with Crippen LogP contribution in [0, 0.1) is 0 Å². The lowest BCUT2D eigenvalue weighted by Gasteiger charge is -2.26. The molecule has 0 radical (unpaired) electrons. The van der Waals surface area contributed by atoms with Crippen LogP contribution in [0.3, 0.4) is 0 Å². The van der Waals surface area contributed by atoms with Crippen molar-refractivity contribution in [3.63, 3.8) is 0 Å². The molecule has 1 heterocycles. The Balaban J connectivity index is 1.87. The normalized spacial score (nSPS) is 21.1. The summed E-state index contributed by atoms with van der Waals surface area (Å²) in [4.78, 5) is 0. The summed E-state index contributed by atoms with van der Waals surface area (Å²) < 4.78 is 11.0. The van der Waals surface area contributed by atoms with Gasteiger partial charge in [-0.3, -0.25) is 0 Å². The van der Waals surface area contributed by atoms with Crippen LogP contribution in [0.15, 0.2) is 24.3 Å². The van der Waals surface area contributed by atoms with Gasteiger partial charge in [0.05, 0.1) is 13.2 Å². The molecule has 0 bridgehead atoms. The van der Waals surface area contributed by atoms with Crippen LogP contribution in [0.1, 0.15) is 44.2 Å². The van der Waals surface area contributed by atoms with E-state index < -0.39 is 0 Å². The second-order valence-electron chi connectivity index (χ2n) is 5.13. The maximum absolute atomic E-state index is 5.76. The lowest BCUT2D eigenvalue weighted by atomic mass is 10.0. The summed E-state index contributed by atoms with van der Waals surface area (Å²) in [6.07, 6.45) is 5.17. The summed E-state index contributed by atoms with van der Waals surface area (Å²) in [5.41, 5.74) is 1.32. The zero-order chi connectivity index (χ0) is 13.5. The molecule has 106 valence electrons. The van der Waals surface area contributed by atoms with Gasteiger partial charge in [-0.1, -0.05) is 19.1 Å². The molecular formula is C16H25NO2. The Morgan fingerprint density at radius 1 is 1.32 bits per heavy atom. The van der Waals surface area contributed by atoms with E-state index in [1.807, 2.05) is 12.1 Å². The van der Waals surface area contributed by atoms with E-state index in [4.69, 9.17) is 9.47 Å².